The van der Waals surface area contributed by atoms with E-state index in [9.17, 15) is 0 Å². The van der Waals surface area contributed by atoms with Gasteiger partial charge in [-0.15, -0.1) is 11.7 Å². The maximum atomic E-state index is 5.41. The topological polar surface area (TPSA) is 56.2 Å². The molecule has 0 saturated carbocycles. The molecule has 0 spiro atoms. The normalized spacial score (nSPS) is 14.0. The second-order valence-corrected chi connectivity index (χ2v) is 5.48. The van der Waals surface area contributed by atoms with Gasteiger partial charge in [0.2, 0.25) is 0 Å². The monoisotopic (exact) mass is 310 g/mol. The van der Waals surface area contributed by atoms with Gasteiger partial charge in [0, 0.05) is 13.0 Å². The van der Waals surface area contributed by atoms with Gasteiger partial charge in [-0.2, -0.15) is 5.10 Å². The molecule has 0 aliphatic heterocycles. The molecule has 1 rings (SSSR count). The van der Waals surface area contributed by atoms with E-state index in [0.29, 0.717) is 0 Å². The Labute approximate surface area is 130 Å². The third kappa shape index (κ3) is 4.18. The molecule has 6 heteroatoms. The Bertz CT molecular complexity index is 504. The molecule has 0 saturated heterocycles. The van der Waals surface area contributed by atoms with Crippen molar-refractivity contribution in [3.05, 3.63) is 30.0 Å². The van der Waals surface area contributed by atoms with E-state index in [1.807, 2.05) is 26.1 Å². The maximum absolute atomic E-state index is 5.41. The third-order valence-corrected chi connectivity index (χ3v) is 4.01. The predicted molar refractivity (Wildman–Crippen MR) is 92.0 cm³/mol. The summed E-state index contributed by atoms with van der Waals surface area (Å²) in [7, 11) is 3.24. The molecule has 0 aliphatic rings. The predicted octanol–water partition coefficient (Wildman–Crippen LogP) is 3.99. The van der Waals surface area contributed by atoms with Crippen LogP contribution in [-0.4, -0.2) is 16.1 Å². The highest BCUT2D eigenvalue weighted by Crippen LogP contribution is 2.39. The minimum Gasteiger partial charge on any atom is -0.390 e. The highest BCUT2D eigenvalue weighted by molar-refractivity contribution is 8.68. The molecule has 1 aromatic heterocycles. The molecular formula is C14H22N4S2. The van der Waals surface area contributed by atoms with Crippen molar-refractivity contribution in [1.29, 1.82) is 0 Å². The Morgan fingerprint density at radius 2 is 2.25 bits per heavy atom. The summed E-state index contributed by atoms with van der Waals surface area (Å²) >= 11 is 4.34. The van der Waals surface area contributed by atoms with Crippen LogP contribution in [0.5, 0.6) is 0 Å². The van der Waals surface area contributed by atoms with Crippen molar-refractivity contribution in [2.75, 3.05) is 0 Å². The van der Waals surface area contributed by atoms with Crippen LogP contribution < -0.4 is 5.73 Å². The van der Waals surface area contributed by atoms with Crippen molar-refractivity contribution in [1.82, 2.24) is 9.78 Å². The number of hydrogen-bond acceptors (Lipinski definition) is 4. The zero-order valence-electron chi connectivity index (χ0n) is 12.2. The van der Waals surface area contributed by atoms with E-state index < -0.39 is 0 Å². The molecule has 1 heterocycles. The Kier molecular flexibility index (Phi) is 7.54. The number of allylic oxidation sites excluding steroid dienone is 4. The lowest BCUT2D eigenvalue weighted by Gasteiger charge is -2.09. The standard InChI is InChI=1S/C14H22N4S2/c1-4-6-7-9-11(8-5-2)12-13(20-19)14(16-10-15)18(3)17-12/h4,6-7,9-11,19H,5,8H2,1-3H3,(H2,15,16)/b6-4-,9-7-. The van der Waals surface area contributed by atoms with Gasteiger partial charge >= 0.3 is 0 Å². The van der Waals surface area contributed by atoms with Crippen LogP contribution in [0.25, 0.3) is 0 Å². The minimum absolute atomic E-state index is 0.263. The molecular weight excluding hydrogens is 288 g/mol. The minimum atomic E-state index is 0.263. The summed E-state index contributed by atoms with van der Waals surface area (Å²) in [5.74, 6) is 1.02. The Morgan fingerprint density at radius 1 is 1.50 bits per heavy atom. The summed E-state index contributed by atoms with van der Waals surface area (Å²) in [6, 6.07) is 0. The summed E-state index contributed by atoms with van der Waals surface area (Å²) in [6.07, 6.45) is 11.7. The molecule has 4 nitrogen and oxygen atoms in total. The van der Waals surface area contributed by atoms with Crippen molar-refractivity contribution in [2.45, 2.75) is 37.5 Å². The molecule has 0 fully saturated rings. The zero-order chi connectivity index (χ0) is 15.0. The molecule has 0 bridgehead atoms. The van der Waals surface area contributed by atoms with Crippen molar-refractivity contribution < 1.29 is 0 Å². The molecule has 0 amide bonds. The van der Waals surface area contributed by atoms with Crippen molar-refractivity contribution in [2.24, 2.45) is 17.8 Å². The highest BCUT2D eigenvalue weighted by Gasteiger charge is 2.21. The molecule has 2 N–H and O–H groups in total. The van der Waals surface area contributed by atoms with Gasteiger partial charge in [-0.3, -0.25) is 0 Å². The molecule has 0 aromatic carbocycles. The van der Waals surface area contributed by atoms with E-state index in [2.05, 4.69) is 40.8 Å². The van der Waals surface area contributed by atoms with E-state index in [-0.39, 0.29) is 5.92 Å². The molecule has 1 unspecified atom stereocenters. The first-order valence-corrected chi connectivity index (χ1v) is 8.48. The van der Waals surface area contributed by atoms with Crippen LogP contribution in [0, 0.1) is 0 Å². The van der Waals surface area contributed by atoms with E-state index in [1.165, 1.54) is 17.1 Å². The number of aryl methyl sites for hydroxylation is 1. The molecule has 20 heavy (non-hydrogen) atoms. The van der Waals surface area contributed by atoms with E-state index >= 15 is 0 Å². The first-order valence-electron chi connectivity index (χ1n) is 6.61. The fourth-order valence-corrected chi connectivity index (χ4v) is 3.08. The lowest BCUT2D eigenvalue weighted by Crippen LogP contribution is -1.99. The van der Waals surface area contributed by atoms with E-state index in [1.54, 1.807) is 4.68 Å². The van der Waals surface area contributed by atoms with Gasteiger partial charge in [0.15, 0.2) is 5.82 Å². The SMILES string of the molecule is C/C=C\C=C/C(CCC)c1nn(C)c(N=CN)c1SS. The van der Waals surface area contributed by atoms with Crippen LogP contribution in [-0.2, 0) is 7.05 Å². The largest absolute Gasteiger partial charge is 0.390 e. The molecule has 0 aliphatic carbocycles. The smallest absolute Gasteiger partial charge is 0.166 e. The van der Waals surface area contributed by atoms with Gasteiger partial charge < -0.3 is 5.73 Å². The first-order chi connectivity index (χ1) is 9.69. The van der Waals surface area contributed by atoms with Crippen LogP contribution in [0.15, 0.2) is 34.2 Å². The summed E-state index contributed by atoms with van der Waals surface area (Å²) in [4.78, 5) is 5.16. The fraction of sp³-hybridized carbons (Fsp3) is 0.429. The molecule has 0 radical (unpaired) electrons. The molecule has 110 valence electrons. The number of nitrogens with two attached hydrogens (primary N) is 1. The maximum Gasteiger partial charge on any atom is 0.166 e. The summed E-state index contributed by atoms with van der Waals surface area (Å²) in [6.45, 7) is 4.18. The average Bonchev–Trinajstić information content (AvgIpc) is 2.75. The van der Waals surface area contributed by atoms with Crippen LogP contribution in [0.1, 0.15) is 38.3 Å². The summed E-state index contributed by atoms with van der Waals surface area (Å²) in [5, 5.41) is 4.60. The summed E-state index contributed by atoms with van der Waals surface area (Å²) in [5.41, 5.74) is 6.42. The number of rotatable bonds is 7. The zero-order valence-corrected chi connectivity index (χ0v) is 13.9. The number of nitrogens with zero attached hydrogens (tertiary/aromatic N) is 3. The van der Waals surface area contributed by atoms with Crippen molar-refractivity contribution >= 4 is 34.6 Å². The number of aromatic nitrogens is 2. The van der Waals surface area contributed by atoms with Gasteiger partial charge in [0.25, 0.3) is 0 Å². The van der Waals surface area contributed by atoms with Crippen LogP contribution in [0.4, 0.5) is 5.82 Å². The fourth-order valence-electron chi connectivity index (χ4n) is 2.00. The van der Waals surface area contributed by atoms with Gasteiger partial charge in [0.05, 0.1) is 16.9 Å². The van der Waals surface area contributed by atoms with Crippen LogP contribution >= 0.6 is 22.5 Å². The first kappa shape index (κ1) is 16.9. The quantitative estimate of drug-likeness (QED) is 0.263. The number of hydrogen-bond donors (Lipinski definition) is 2. The molecule has 1 aromatic rings. The van der Waals surface area contributed by atoms with Gasteiger partial charge in [-0.1, -0.05) is 48.4 Å². The third-order valence-electron chi connectivity index (χ3n) is 2.89. The van der Waals surface area contributed by atoms with E-state index in [4.69, 9.17) is 5.73 Å². The van der Waals surface area contributed by atoms with Crippen molar-refractivity contribution in [3.8, 4) is 0 Å². The van der Waals surface area contributed by atoms with Gasteiger partial charge in [0.1, 0.15) is 0 Å². The Balaban J connectivity index is 3.22. The van der Waals surface area contributed by atoms with Gasteiger partial charge in [-0.05, 0) is 13.3 Å². The Hall–Kier alpha value is -1.14. The van der Waals surface area contributed by atoms with Crippen molar-refractivity contribution in [3.63, 3.8) is 0 Å². The second kappa shape index (κ2) is 8.92. The van der Waals surface area contributed by atoms with E-state index in [0.717, 1.165) is 29.2 Å². The second-order valence-electron chi connectivity index (χ2n) is 4.34. The average molecular weight is 310 g/mol. The molecule has 1 atom stereocenters. The van der Waals surface area contributed by atoms with Crippen LogP contribution in [0.2, 0.25) is 0 Å². The lowest BCUT2D eigenvalue weighted by molar-refractivity contribution is 0.662. The van der Waals surface area contributed by atoms with Crippen LogP contribution in [0.3, 0.4) is 0 Å². The number of aliphatic imine (C=N–C) groups is 1. The highest BCUT2D eigenvalue weighted by atomic mass is 33.1. The van der Waals surface area contributed by atoms with Gasteiger partial charge in [-0.25, -0.2) is 9.67 Å². The lowest BCUT2D eigenvalue weighted by atomic mass is 9.99. The summed E-state index contributed by atoms with van der Waals surface area (Å²) < 4.78 is 1.75. The Morgan fingerprint density at radius 3 is 2.80 bits per heavy atom. The number of thiol groups is 1.